The second-order valence-corrected chi connectivity index (χ2v) is 5.60. The molecule has 1 heterocycles. The fourth-order valence-corrected chi connectivity index (χ4v) is 2.26. The highest BCUT2D eigenvalue weighted by Gasteiger charge is 2.28. The van der Waals surface area contributed by atoms with Crippen molar-refractivity contribution in [3.63, 3.8) is 0 Å². The van der Waals surface area contributed by atoms with Crippen LogP contribution in [0.2, 0.25) is 0 Å². The minimum Gasteiger partial charge on any atom is -0.392 e. The average molecular weight is 257 g/mol. The summed E-state index contributed by atoms with van der Waals surface area (Å²) in [5.74, 6) is 0.512. The zero-order chi connectivity index (χ0) is 13.0. The quantitative estimate of drug-likeness (QED) is 0.718. The highest BCUT2D eigenvalue weighted by atomic mass is 32.1. The van der Waals surface area contributed by atoms with Gasteiger partial charge in [0.2, 0.25) is 5.91 Å². The summed E-state index contributed by atoms with van der Waals surface area (Å²) in [7, 11) is 0. The summed E-state index contributed by atoms with van der Waals surface area (Å²) in [4.78, 5) is 14.4. The minimum absolute atomic E-state index is 0.0642. The Bertz CT molecular complexity index is 293. The topological polar surface area (TPSA) is 58.4 Å². The van der Waals surface area contributed by atoms with Crippen molar-refractivity contribution in [3.05, 3.63) is 0 Å². The minimum atomic E-state index is 0.0642. The van der Waals surface area contributed by atoms with Gasteiger partial charge in [0, 0.05) is 6.04 Å². The molecule has 2 unspecified atom stereocenters. The Morgan fingerprint density at radius 1 is 1.53 bits per heavy atom. The van der Waals surface area contributed by atoms with Crippen molar-refractivity contribution >= 4 is 23.1 Å². The molecule has 0 spiro atoms. The molecule has 0 aromatic carbocycles. The van der Waals surface area contributed by atoms with Crippen molar-refractivity contribution in [1.29, 1.82) is 0 Å². The van der Waals surface area contributed by atoms with E-state index in [-0.39, 0.29) is 18.0 Å². The molecule has 1 fully saturated rings. The van der Waals surface area contributed by atoms with Crippen molar-refractivity contribution in [1.82, 2.24) is 10.2 Å². The maximum Gasteiger partial charge on any atom is 0.234 e. The van der Waals surface area contributed by atoms with Crippen LogP contribution in [0.1, 0.15) is 33.6 Å². The maximum absolute atomic E-state index is 11.8. The Labute approximate surface area is 109 Å². The number of thiocarbonyl (C=S) groups is 1. The first-order valence-corrected chi connectivity index (χ1v) is 6.65. The summed E-state index contributed by atoms with van der Waals surface area (Å²) >= 11 is 5.02. The number of nitrogens with one attached hydrogen (secondary N) is 1. The summed E-state index contributed by atoms with van der Waals surface area (Å²) < 4.78 is 0. The predicted molar refractivity (Wildman–Crippen MR) is 73.8 cm³/mol. The fraction of sp³-hybridized carbons (Fsp3) is 0.833. The number of carbonyl (C=O) groups excluding carboxylic acids is 1. The van der Waals surface area contributed by atoms with Gasteiger partial charge in [-0.25, -0.2) is 0 Å². The van der Waals surface area contributed by atoms with Gasteiger partial charge in [0.25, 0.3) is 0 Å². The summed E-state index contributed by atoms with van der Waals surface area (Å²) in [5, 5.41) is 3.00. The molecule has 0 bridgehead atoms. The first kappa shape index (κ1) is 14.4. The Hall–Kier alpha value is -0.680. The lowest BCUT2D eigenvalue weighted by molar-refractivity contribution is -0.123. The summed E-state index contributed by atoms with van der Waals surface area (Å²) in [5.41, 5.74) is 5.67. The molecule has 1 aliphatic rings. The lowest BCUT2D eigenvalue weighted by Gasteiger charge is -2.24. The van der Waals surface area contributed by atoms with Gasteiger partial charge in [-0.2, -0.15) is 0 Å². The molecule has 17 heavy (non-hydrogen) atoms. The molecule has 0 radical (unpaired) electrons. The van der Waals surface area contributed by atoms with Gasteiger partial charge >= 0.3 is 0 Å². The van der Waals surface area contributed by atoms with E-state index in [2.05, 4.69) is 24.1 Å². The number of nitrogens with two attached hydrogens (primary N) is 1. The van der Waals surface area contributed by atoms with Crippen LogP contribution in [-0.4, -0.2) is 41.0 Å². The molecule has 1 saturated heterocycles. The van der Waals surface area contributed by atoms with Crippen molar-refractivity contribution in [2.45, 2.75) is 45.7 Å². The van der Waals surface area contributed by atoms with E-state index in [0.29, 0.717) is 17.5 Å². The van der Waals surface area contributed by atoms with Crippen LogP contribution in [0.4, 0.5) is 0 Å². The van der Waals surface area contributed by atoms with Crippen LogP contribution in [0.15, 0.2) is 0 Å². The van der Waals surface area contributed by atoms with Gasteiger partial charge in [0.05, 0.1) is 17.6 Å². The van der Waals surface area contributed by atoms with E-state index in [4.69, 9.17) is 18.0 Å². The van der Waals surface area contributed by atoms with Gasteiger partial charge in [-0.05, 0) is 32.2 Å². The second kappa shape index (κ2) is 6.31. The van der Waals surface area contributed by atoms with Gasteiger partial charge in [-0.15, -0.1) is 0 Å². The number of hydrogen-bond donors (Lipinski definition) is 2. The molecule has 0 aromatic rings. The van der Waals surface area contributed by atoms with E-state index >= 15 is 0 Å². The van der Waals surface area contributed by atoms with E-state index in [1.165, 1.54) is 0 Å². The van der Waals surface area contributed by atoms with Crippen LogP contribution >= 0.6 is 12.2 Å². The van der Waals surface area contributed by atoms with Crippen LogP contribution in [0.3, 0.4) is 0 Å². The third-order valence-electron chi connectivity index (χ3n) is 3.43. The Morgan fingerprint density at radius 2 is 2.18 bits per heavy atom. The molecule has 3 N–H and O–H groups in total. The third-order valence-corrected chi connectivity index (χ3v) is 3.70. The van der Waals surface area contributed by atoms with E-state index in [0.717, 1.165) is 19.4 Å². The summed E-state index contributed by atoms with van der Waals surface area (Å²) in [6, 6.07) is 0.304. The maximum atomic E-state index is 11.8. The average Bonchev–Trinajstić information content (AvgIpc) is 2.65. The molecule has 1 aliphatic heterocycles. The Morgan fingerprint density at radius 3 is 2.71 bits per heavy atom. The molecule has 0 aromatic heterocycles. The first-order valence-electron chi connectivity index (χ1n) is 6.24. The van der Waals surface area contributed by atoms with Gasteiger partial charge in [-0.3, -0.25) is 9.69 Å². The molecule has 0 saturated carbocycles. The van der Waals surface area contributed by atoms with Gasteiger partial charge in [-0.1, -0.05) is 26.1 Å². The molecular formula is C12H23N3OS. The zero-order valence-electron chi connectivity index (χ0n) is 10.9. The molecule has 5 heteroatoms. The molecular weight excluding hydrogens is 234 g/mol. The van der Waals surface area contributed by atoms with Crippen molar-refractivity contribution in [2.75, 3.05) is 13.1 Å². The van der Waals surface area contributed by atoms with Gasteiger partial charge in [0.1, 0.15) is 0 Å². The highest BCUT2D eigenvalue weighted by molar-refractivity contribution is 7.80. The highest BCUT2D eigenvalue weighted by Crippen LogP contribution is 2.16. The Balaban J connectivity index is 2.43. The van der Waals surface area contributed by atoms with Crippen LogP contribution in [0, 0.1) is 5.92 Å². The van der Waals surface area contributed by atoms with Crippen LogP contribution in [0.5, 0.6) is 0 Å². The summed E-state index contributed by atoms with van der Waals surface area (Å²) in [6.45, 7) is 7.53. The number of carbonyl (C=O) groups is 1. The third kappa shape index (κ3) is 4.24. The number of amides is 1. The summed E-state index contributed by atoms with van der Waals surface area (Å²) in [6.07, 6.45) is 2.04. The normalized spacial score (nSPS) is 22.7. The zero-order valence-corrected chi connectivity index (χ0v) is 11.7. The van der Waals surface area contributed by atoms with E-state index < -0.39 is 0 Å². The number of rotatable bonds is 5. The molecule has 1 amide bonds. The standard InChI is InChI=1S/C12H23N3OS/c1-8(2)9(3)14-11(16)7-15-6-4-5-10(15)12(13)17/h8-10H,4-7H2,1-3H3,(H2,13,17)(H,14,16). The first-order chi connectivity index (χ1) is 7.91. The second-order valence-electron chi connectivity index (χ2n) is 5.13. The van der Waals surface area contributed by atoms with Crippen LogP contribution in [0.25, 0.3) is 0 Å². The largest absolute Gasteiger partial charge is 0.392 e. The number of likely N-dealkylation sites (tertiary alicyclic amines) is 1. The van der Waals surface area contributed by atoms with Gasteiger partial charge < -0.3 is 11.1 Å². The smallest absolute Gasteiger partial charge is 0.234 e. The number of nitrogens with zero attached hydrogens (tertiary/aromatic N) is 1. The van der Waals surface area contributed by atoms with Crippen molar-refractivity contribution in [3.8, 4) is 0 Å². The molecule has 0 aliphatic carbocycles. The van der Waals surface area contributed by atoms with E-state index in [1.807, 2.05) is 6.92 Å². The monoisotopic (exact) mass is 257 g/mol. The molecule has 2 atom stereocenters. The van der Waals surface area contributed by atoms with Crippen LogP contribution < -0.4 is 11.1 Å². The molecule has 1 rings (SSSR count). The Kier molecular flexibility index (Phi) is 5.33. The molecule has 4 nitrogen and oxygen atoms in total. The molecule has 98 valence electrons. The van der Waals surface area contributed by atoms with E-state index in [1.54, 1.807) is 0 Å². The van der Waals surface area contributed by atoms with Gasteiger partial charge in [0.15, 0.2) is 0 Å². The number of hydrogen-bond acceptors (Lipinski definition) is 3. The fourth-order valence-electron chi connectivity index (χ4n) is 1.99. The lowest BCUT2D eigenvalue weighted by atomic mass is 10.1. The van der Waals surface area contributed by atoms with Crippen molar-refractivity contribution in [2.24, 2.45) is 11.7 Å². The van der Waals surface area contributed by atoms with Crippen LogP contribution in [-0.2, 0) is 4.79 Å². The lowest BCUT2D eigenvalue weighted by Crippen LogP contribution is -2.47. The predicted octanol–water partition coefficient (Wildman–Crippen LogP) is 0.898. The van der Waals surface area contributed by atoms with Crippen molar-refractivity contribution < 1.29 is 4.79 Å². The SMILES string of the molecule is CC(C)C(C)NC(=O)CN1CCCC1C(N)=S. The van der Waals surface area contributed by atoms with E-state index in [9.17, 15) is 4.79 Å².